The van der Waals surface area contributed by atoms with Crippen LogP contribution in [0.4, 0.5) is 35.1 Å². The summed E-state index contributed by atoms with van der Waals surface area (Å²) in [7, 11) is 0. The fourth-order valence-electron chi connectivity index (χ4n) is 5.05. The molecule has 0 spiro atoms. The molecule has 2 atom stereocenters. The smallest absolute Gasteiger partial charge is 0.429 e. The lowest BCUT2D eigenvalue weighted by atomic mass is 9.93. The highest BCUT2D eigenvalue weighted by Crippen LogP contribution is 2.42. The molecule has 1 saturated carbocycles. The second kappa shape index (κ2) is 11.4. The normalized spacial score (nSPS) is 17.9. The van der Waals surface area contributed by atoms with Crippen LogP contribution in [-0.2, 0) is 6.11 Å². The summed E-state index contributed by atoms with van der Waals surface area (Å²) in [6.45, 7) is 2.16. The van der Waals surface area contributed by atoms with Gasteiger partial charge < -0.3 is 9.47 Å². The lowest BCUT2D eigenvalue weighted by Gasteiger charge is -2.20. The highest BCUT2D eigenvalue weighted by atomic mass is 19.4. The Morgan fingerprint density at radius 1 is 0.769 bits per heavy atom. The van der Waals surface area contributed by atoms with Gasteiger partial charge in [-0.05, 0) is 72.1 Å². The van der Waals surface area contributed by atoms with Crippen molar-refractivity contribution in [1.29, 1.82) is 0 Å². The van der Waals surface area contributed by atoms with Crippen LogP contribution in [0.1, 0.15) is 62.5 Å². The quantitative estimate of drug-likeness (QED) is 0.243. The summed E-state index contributed by atoms with van der Waals surface area (Å²) in [6.07, 6.45) is -2.92. The first-order chi connectivity index (χ1) is 18.4. The maximum Gasteiger partial charge on any atom is 0.573 e. The fraction of sp³-hybridized carbons (Fsp3) is 0.379. The van der Waals surface area contributed by atoms with Crippen LogP contribution in [0.3, 0.4) is 0 Å². The Morgan fingerprint density at radius 3 is 2.03 bits per heavy atom. The van der Waals surface area contributed by atoms with Gasteiger partial charge in [0.25, 0.3) is 0 Å². The standard InChI is InChI=1S/C29H26F8O2/c1-2-3-4-17-5-6-20(13-17)18-7-9-19(10-8-18)21-14-24(31)27(25(32)15-21)28(33,34)38-22-11-12-26(23(30)16-22)39-29(35,36)37/h7-12,14-17,20H,2-6,13H2,1H3. The summed E-state index contributed by atoms with van der Waals surface area (Å²) in [5.41, 5.74) is -0.143. The first-order valence-electron chi connectivity index (χ1n) is 12.6. The topological polar surface area (TPSA) is 18.5 Å². The maximum atomic E-state index is 14.8. The number of hydrogen-bond donors (Lipinski definition) is 0. The molecule has 210 valence electrons. The molecule has 0 aromatic heterocycles. The highest BCUT2D eigenvalue weighted by Gasteiger charge is 2.41. The first-order valence-corrected chi connectivity index (χ1v) is 12.6. The van der Waals surface area contributed by atoms with Gasteiger partial charge in [-0.3, -0.25) is 0 Å². The van der Waals surface area contributed by atoms with E-state index in [9.17, 15) is 35.1 Å². The average Bonchev–Trinajstić information content (AvgIpc) is 3.32. The molecule has 0 heterocycles. The molecule has 0 bridgehead atoms. The van der Waals surface area contributed by atoms with Crippen molar-refractivity contribution in [3.05, 3.63) is 83.2 Å². The minimum atomic E-state index is -5.21. The minimum Gasteiger partial charge on any atom is -0.429 e. The van der Waals surface area contributed by atoms with Gasteiger partial charge in [-0.2, -0.15) is 8.78 Å². The van der Waals surface area contributed by atoms with E-state index in [1.165, 1.54) is 19.3 Å². The minimum absolute atomic E-state index is 0.0306. The van der Waals surface area contributed by atoms with E-state index in [1.807, 2.05) is 12.1 Å². The molecule has 4 rings (SSSR count). The van der Waals surface area contributed by atoms with Crippen molar-refractivity contribution in [1.82, 2.24) is 0 Å². The molecular weight excluding hydrogens is 532 g/mol. The number of hydrogen-bond acceptors (Lipinski definition) is 2. The van der Waals surface area contributed by atoms with E-state index in [1.54, 1.807) is 12.1 Å². The van der Waals surface area contributed by atoms with Crippen LogP contribution in [0.15, 0.2) is 54.6 Å². The molecule has 39 heavy (non-hydrogen) atoms. The Balaban J connectivity index is 1.49. The van der Waals surface area contributed by atoms with E-state index < -0.39 is 47.0 Å². The lowest BCUT2D eigenvalue weighted by Crippen LogP contribution is -2.25. The van der Waals surface area contributed by atoms with E-state index in [0.29, 0.717) is 29.5 Å². The van der Waals surface area contributed by atoms with Gasteiger partial charge in [0, 0.05) is 6.07 Å². The van der Waals surface area contributed by atoms with Crippen LogP contribution in [-0.4, -0.2) is 6.36 Å². The summed E-state index contributed by atoms with van der Waals surface area (Å²) in [6, 6.07) is 9.76. The maximum absolute atomic E-state index is 14.8. The molecule has 0 N–H and O–H groups in total. The zero-order valence-corrected chi connectivity index (χ0v) is 20.9. The SMILES string of the molecule is CCCCC1CCC(c2ccc(-c3cc(F)c(C(F)(F)Oc4ccc(OC(F)(F)F)c(F)c4)c(F)c3)cc2)C1. The molecule has 3 aromatic carbocycles. The number of ether oxygens (including phenoxy) is 2. The molecule has 0 amide bonds. The Bertz CT molecular complexity index is 1260. The monoisotopic (exact) mass is 558 g/mol. The number of benzene rings is 3. The number of halogens is 8. The Morgan fingerprint density at radius 2 is 1.44 bits per heavy atom. The van der Waals surface area contributed by atoms with Crippen molar-refractivity contribution in [2.24, 2.45) is 5.92 Å². The molecule has 0 aliphatic heterocycles. The van der Waals surface area contributed by atoms with Crippen LogP contribution >= 0.6 is 0 Å². The summed E-state index contributed by atoms with van der Waals surface area (Å²) in [5, 5.41) is 0. The Kier molecular flexibility index (Phi) is 8.42. The Hall–Kier alpha value is -3.30. The molecule has 10 heteroatoms. The third kappa shape index (κ3) is 7.02. The zero-order valence-electron chi connectivity index (χ0n) is 20.9. The molecule has 2 unspecified atom stereocenters. The zero-order chi connectivity index (χ0) is 28.4. The molecule has 1 aliphatic carbocycles. The van der Waals surface area contributed by atoms with Gasteiger partial charge in [-0.25, -0.2) is 13.2 Å². The average molecular weight is 559 g/mol. The van der Waals surface area contributed by atoms with E-state index in [2.05, 4.69) is 16.4 Å². The van der Waals surface area contributed by atoms with Gasteiger partial charge >= 0.3 is 12.5 Å². The predicted octanol–water partition coefficient (Wildman–Crippen LogP) is 9.87. The molecule has 0 saturated heterocycles. The molecular formula is C29H26F8O2. The van der Waals surface area contributed by atoms with Gasteiger partial charge in [0.1, 0.15) is 22.9 Å². The summed E-state index contributed by atoms with van der Waals surface area (Å²) in [4.78, 5) is 0. The number of rotatable bonds is 9. The second-order valence-electron chi connectivity index (χ2n) is 9.71. The lowest BCUT2D eigenvalue weighted by molar-refractivity contribution is -0.275. The summed E-state index contributed by atoms with van der Waals surface area (Å²) < 4.78 is 117. The molecule has 0 radical (unpaired) electrons. The molecule has 1 aliphatic rings. The first kappa shape index (κ1) is 28.7. The van der Waals surface area contributed by atoms with Crippen LogP contribution in [0.2, 0.25) is 0 Å². The van der Waals surface area contributed by atoms with E-state index in [0.717, 1.165) is 37.0 Å². The molecule has 2 nitrogen and oxygen atoms in total. The van der Waals surface area contributed by atoms with Crippen molar-refractivity contribution in [3.8, 4) is 22.6 Å². The third-order valence-electron chi connectivity index (χ3n) is 6.93. The summed E-state index contributed by atoms with van der Waals surface area (Å²) in [5.74, 6) is -6.01. The van der Waals surface area contributed by atoms with Crippen LogP contribution in [0.25, 0.3) is 11.1 Å². The largest absolute Gasteiger partial charge is 0.573 e. The van der Waals surface area contributed by atoms with Crippen LogP contribution < -0.4 is 9.47 Å². The van der Waals surface area contributed by atoms with Gasteiger partial charge in [0.15, 0.2) is 11.6 Å². The van der Waals surface area contributed by atoms with Crippen molar-refractivity contribution in [2.75, 3.05) is 0 Å². The summed E-state index contributed by atoms with van der Waals surface area (Å²) >= 11 is 0. The second-order valence-corrected chi connectivity index (χ2v) is 9.71. The van der Waals surface area contributed by atoms with Crippen LogP contribution in [0.5, 0.6) is 11.5 Å². The number of alkyl halides is 5. The third-order valence-corrected chi connectivity index (χ3v) is 6.93. The molecule has 3 aromatic rings. The van der Waals surface area contributed by atoms with Crippen molar-refractivity contribution >= 4 is 0 Å². The van der Waals surface area contributed by atoms with E-state index in [-0.39, 0.29) is 11.6 Å². The van der Waals surface area contributed by atoms with Gasteiger partial charge in [0.2, 0.25) is 0 Å². The van der Waals surface area contributed by atoms with Gasteiger partial charge in [0.05, 0.1) is 0 Å². The van der Waals surface area contributed by atoms with Crippen molar-refractivity contribution < 1.29 is 44.6 Å². The van der Waals surface area contributed by atoms with E-state index in [4.69, 9.17) is 0 Å². The number of unbranched alkanes of at least 4 members (excludes halogenated alkanes) is 1. The Labute approximate surface area is 220 Å². The van der Waals surface area contributed by atoms with Crippen LogP contribution in [0, 0.1) is 23.4 Å². The fourth-order valence-corrected chi connectivity index (χ4v) is 5.05. The predicted molar refractivity (Wildman–Crippen MR) is 129 cm³/mol. The van der Waals surface area contributed by atoms with Gasteiger partial charge in [-0.15, -0.1) is 13.2 Å². The van der Waals surface area contributed by atoms with E-state index >= 15 is 0 Å². The van der Waals surface area contributed by atoms with Crippen molar-refractivity contribution in [3.63, 3.8) is 0 Å². The van der Waals surface area contributed by atoms with Gasteiger partial charge in [-0.1, -0.05) is 50.5 Å². The molecule has 1 fully saturated rings. The highest BCUT2D eigenvalue weighted by molar-refractivity contribution is 5.64. The van der Waals surface area contributed by atoms with Crippen molar-refractivity contribution in [2.45, 2.75) is 63.8 Å².